The Kier molecular flexibility index (Phi) is 10.4. The number of rotatable bonds is 15. The van der Waals surface area contributed by atoms with Crippen LogP contribution in [0.15, 0.2) is 36.9 Å². The second-order valence-corrected chi connectivity index (χ2v) is 6.14. The van der Waals surface area contributed by atoms with E-state index in [0.717, 1.165) is 5.56 Å². The van der Waals surface area contributed by atoms with Gasteiger partial charge in [-0.2, -0.15) is 15.0 Å². The smallest absolute Gasteiger partial charge is 0.323 e. The number of benzene rings is 1. The van der Waals surface area contributed by atoms with Crippen LogP contribution < -0.4 is 21.1 Å². The number of hydrogen-bond acceptors (Lipinski definition) is 9. The average molecular weight is 402 g/mol. The SMILES string of the molecule is C=CCOc1nc(NCCOCCOCCN)nc(NCc2ccc(C)cc2)n1. The van der Waals surface area contributed by atoms with Gasteiger partial charge in [-0.1, -0.05) is 42.5 Å². The van der Waals surface area contributed by atoms with E-state index in [1.54, 1.807) is 6.08 Å². The normalized spacial score (nSPS) is 10.6. The Hall–Kier alpha value is -2.75. The minimum absolute atomic E-state index is 0.227. The highest BCUT2D eigenvalue weighted by molar-refractivity contribution is 5.37. The first-order valence-electron chi connectivity index (χ1n) is 9.60. The van der Waals surface area contributed by atoms with Crippen LogP contribution in [0.5, 0.6) is 6.01 Å². The van der Waals surface area contributed by atoms with Crippen LogP contribution in [0.3, 0.4) is 0 Å². The van der Waals surface area contributed by atoms with E-state index in [0.29, 0.717) is 64.6 Å². The number of nitrogens with zero attached hydrogens (tertiary/aromatic N) is 3. The number of anilines is 2. The molecule has 158 valence electrons. The van der Waals surface area contributed by atoms with E-state index in [1.165, 1.54) is 5.56 Å². The summed E-state index contributed by atoms with van der Waals surface area (Å²) < 4.78 is 16.2. The molecule has 9 nitrogen and oxygen atoms in total. The molecule has 1 heterocycles. The van der Waals surface area contributed by atoms with Crippen molar-refractivity contribution in [1.29, 1.82) is 0 Å². The van der Waals surface area contributed by atoms with E-state index < -0.39 is 0 Å². The summed E-state index contributed by atoms with van der Waals surface area (Å²) in [5.74, 6) is 0.840. The van der Waals surface area contributed by atoms with Gasteiger partial charge >= 0.3 is 6.01 Å². The molecule has 9 heteroatoms. The van der Waals surface area contributed by atoms with Crippen molar-refractivity contribution in [2.75, 3.05) is 56.8 Å². The van der Waals surface area contributed by atoms with Crippen molar-refractivity contribution < 1.29 is 14.2 Å². The Labute approximate surface area is 171 Å². The Bertz CT molecular complexity index is 727. The van der Waals surface area contributed by atoms with Crippen molar-refractivity contribution in [2.45, 2.75) is 13.5 Å². The summed E-state index contributed by atoms with van der Waals surface area (Å²) in [4.78, 5) is 12.9. The molecule has 0 spiro atoms. The third-order valence-corrected chi connectivity index (χ3v) is 3.68. The van der Waals surface area contributed by atoms with Crippen molar-refractivity contribution in [3.8, 4) is 6.01 Å². The van der Waals surface area contributed by atoms with E-state index in [2.05, 4.69) is 63.4 Å². The molecule has 0 saturated carbocycles. The number of aryl methyl sites for hydroxylation is 1. The first-order valence-corrected chi connectivity index (χ1v) is 9.60. The molecule has 1 aromatic carbocycles. The molecule has 0 radical (unpaired) electrons. The minimum Gasteiger partial charge on any atom is -0.459 e. The van der Waals surface area contributed by atoms with Crippen molar-refractivity contribution >= 4 is 11.9 Å². The molecule has 0 aliphatic carbocycles. The van der Waals surface area contributed by atoms with Crippen LogP contribution in [0.1, 0.15) is 11.1 Å². The van der Waals surface area contributed by atoms with Crippen LogP contribution in [0, 0.1) is 6.92 Å². The lowest BCUT2D eigenvalue weighted by Gasteiger charge is -2.11. The number of aromatic nitrogens is 3. The number of nitrogens with one attached hydrogen (secondary N) is 2. The van der Waals surface area contributed by atoms with Crippen LogP contribution in [0.2, 0.25) is 0 Å². The van der Waals surface area contributed by atoms with Gasteiger partial charge in [0.25, 0.3) is 0 Å². The summed E-state index contributed by atoms with van der Waals surface area (Å²) in [6, 6.07) is 8.48. The van der Waals surface area contributed by atoms with E-state index >= 15 is 0 Å². The van der Waals surface area contributed by atoms with Gasteiger partial charge in [-0.05, 0) is 12.5 Å². The molecule has 0 aliphatic rings. The summed E-state index contributed by atoms with van der Waals surface area (Å²) in [5, 5.41) is 6.32. The maximum atomic E-state index is 5.48. The summed E-state index contributed by atoms with van der Waals surface area (Å²) >= 11 is 0. The Balaban J connectivity index is 1.86. The topological polar surface area (TPSA) is 116 Å². The maximum Gasteiger partial charge on any atom is 0.323 e. The van der Waals surface area contributed by atoms with Crippen LogP contribution in [-0.2, 0) is 16.0 Å². The maximum absolute atomic E-state index is 5.48. The van der Waals surface area contributed by atoms with Gasteiger partial charge in [0.1, 0.15) is 6.61 Å². The van der Waals surface area contributed by atoms with E-state index in [4.69, 9.17) is 19.9 Å². The quantitative estimate of drug-likeness (QED) is 0.303. The molecule has 2 aromatic rings. The molecule has 29 heavy (non-hydrogen) atoms. The van der Waals surface area contributed by atoms with Gasteiger partial charge in [0, 0.05) is 19.6 Å². The summed E-state index contributed by atoms with van der Waals surface area (Å²) in [6.07, 6.45) is 1.64. The zero-order valence-electron chi connectivity index (χ0n) is 16.9. The van der Waals surface area contributed by atoms with Crippen molar-refractivity contribution in [3.63, 3.8) is 0 Å². The van der Waals surface area contributed by atoms with E-state index in [1.807, 2.05) is 0 Å². The van der Waals surface area contributed by atoms with Crippen molar-refractivity contribution in [3.05, 3.63) is 48.0 Å². The summed E-state index contributed by atoms with van der Waals surface area (Å²) in [5.41, 5.74) is 7.70. The van der Waals surface area contributed by atoms with Gasteiger partial charge in [-0.15, -0.1) is 0 Å². The summed E-state index contributed by atoms with van der Waals surface area (Å²) in [7, 11) is 0. The minimum atomic E-state index is 0.227. The molecule has 0 bridgehead atoms. The largest absolute Gasteiger partial charge is 0.459 e. The molecule has 1 aromatic heterocycles. The second kappa shape index (κ2) is 13.4. The highest BCUT2D eigenvalue weighted by Crippen LogP contribution is 2.13. The fourth-order valence-corrected chi connectivity index (χ4v) is 2.24. The predicted octanol–water partition coefficient (Wildman–Crippen LogP) is 1.76. The molecular weight excluding hydrogens is 372 g/mol. The fourth-order valence-electron chi connectivity index (χ4n) is 2.24. The molecule has 0 saturated heterocycles. The predicted molar refractivity (Wildman–Crippen MR) is 113 cm³/mol. The van der Waals surface area contributed by atoms with E-state index in [9.17, 15) is 0 Å². The van der Waals surface area contributed by atoms with Crippen molar-refractivity contribution in [1.82, 2.24) is 15.0 Å². The van der Waals surface area contributed by atoms with Gasteiger partial charge in [0.05, 0.1) is 26.4 Å². The van der Waals surface area contributed by atoms with Crippen molar-refractivity contribution in [2.24, 2.45) is 5.73 Å². The molecule has 2 rings (SSSR count). The Morgan fingerprint density at radius 2 is 1.66 bits per heavy atom. The number of nitrogens with two attached hydrogens (primary N) is 1. The van der Waals surface area contributed by atoms with Gasteiger partial charge < -0.3 is 30.6 Å². The highest BCUT2D eigenvalue weighted by atomic mass is 16.5. The first-order chi connectivity index (χ1) is 14.2. The fraction of sp³-hybridized carbons (Fsp3) is 0.450. The van der Waals surface area contributed by atoms with E-state index in [-0.39, 0.29) is 6.01 Å². The van der Waals surface area contributed by atoms with Gasteiger partial charge in [0.2, 0.25) is 11.9 Å². The van der Waals surface area contributed by atoms with Crippen LogP contribution >= 0.6 is 0 Å². The van der Waals surface area contributed by atoms with Crippen LogP contribution in [-0.4, -0.2) is 61.1 Å². The molecule has 0 unspecified atom stereocenters. The lowest BCUT2D eigenvalue weighted by molar-refractivity contribution is 0.0547. The molecule has 0 aliphatic heterocycles. The zero-order valence-corrected chi connectivity index (χ0v) is 16.9. The third-order valence-electron chi connectivity index (χ3n) is 3.68. The van der Waals surface area contributed by atoms with Gasteiger partial charge in [-0.25, -0.2) is 0 Å². The molecule has 0 atom stereocenters. The summed E-state index contributed by atoms with van der Waals surface area (Å²) in [6.45, 7) is 9.72. The Morgan fingerprint density at radius 3 is 2.34 bits per heavy atom. The molecule has 0 amide bonds. The lowest BCUT2D eigenvalue weighted by Crippen LogP contribution is -2.16. The average Bonchev–Trinajstić information content (AvgIpc) is 2.74. The molecular formula is C20H30N6O3. The van der Waals surface area contributed by atoms with Gasteiger partial charge in [-0.3, -0.25) is 0 Å². The molecule has 0 fully saturated rings. The van der Waals surface area contributed by atoms with Crippen LogP contribution in [0.25, 0.3) is 0 Å². The number of ether oxygens (including phenoxy) is 3. The van der Waals surface area contributed by atoms with Gasteiger partial charge in [0.15, 0.2) is 0 Å². The first kappa shape index (κ1) is 22.5. The third kappa shape index (κ3) is 9.33. The monoisotopic (exact) mass is 402 g/mol. The second-order valence-electron chi connectivity index (χ2n) is 6.14. The molecule has 4 N–H and O–H groups in total. The lowest BCUT2D eigenvalue weighted by atomic mass is 10.1. The standard InChI is InChI=1S/C20H30N6O3/c1-3-10-29-20-25-18(22-9-12-28-14-13-27-11-8-21)24-19(26-20)23-15-17-6-4-16(2)5-7-17/h3-7H,1,8-15,21H2,2H3,(H2,22,23,24,25,26). The zero-order chi connectivity index (χ0) is 20.7. The highest BCUT2D eigenvalue weighted by Gasteiger charge is 2.07. The van der Waals surface area contributed by atoms with Crippen LogP contribution in [0.4, 0.5) is 11.9 Å². The Morgan fingerprint density at radius 1 is 0.966 bits per heavy atom. The number of hydrogen-bond donors (Lipinski definition) is 3.